The summed E-state index contributed by atoms with van der Waals surface area (Å²) < 4.78 is 0. The second kappa shape index (κ2) is 5.54. The van der Waals surface area contributed by atoms with Crippen LogP contribution in [-0.4, -0.2) is 19.6 Å². The van der Waals surface area contributed by atoms with Gasteiger partial charge in [0.05, 0.1) is 0 Å². The summed E-state index contributed by atoms with van der Waals surface area (Å²) in [5, 5.41) is 14.0. The fourth-order valence-electron chi connectivity index (χ4n) is 0.535. The maximum absolute atomic E-state index is 8.22. The van der Waals surface area contributed by atoms with Crippen molar-refractivity contribution in [2.75, 3.05) is 13.6 Å². The molecule has 4 heteroatoms. The Morgan fingerprint density at radius 2 is 2.27 bits per heavy atom. The van der Waals surface area contributed by atoms with E-state index in [1.165, 1.54) is 0 Å². The van der Waals surface area contributed by atoms with Crippen molar-refractivity contribution in [3.05, 3.63) is 0 Å². The molecule has 0 amide bonds. The average molecular weight is 154 g/mol. The molecule has 0 bridgehead atoms. The van der Waals surface area contributed by atoms with Gasteiger partial charge in [0.2, 0.25) is 12.2 Å². The van der Waals surface area contributed by atoms with Gasteiger partial charge in [-0.15, -0.1) is 4.99 Å². The highest BCUT2D eigenvalue weighted by Crippen LogP contribution is 1.86. The van der Waals surface area contributed by atoms with Crippen molar-refractivity contribution in [1.82, 2.24) is 10.6 Å². The number of aliphatic imine (C=N–C) groups is 1. The Labute approximate surface area is 67.3 Å². The van der Waals surface area contributed by atoms with Crippen LogP contribution in [0.1, 0.15) is 13.8 Å². The van der Waals surface area contributed by atoms with E-state index in [1.807, 2.05) is 0 Å². The van der Waals surface area contributed by atoms with Crippen molar-refractivity contribution in [3.63, 3.8) is 0 Å². The van der Waals surface area contributed by atoms with Gasteiger partial charge in [0.25, 0.3) is 0 Å². The normalized spacial score (nSPS) is 11.0. The van der Waals surface area contributed by atoms with Crippen LogP contribution >= 0.6 is 0 Å². The second-order valence-electron chi connectivity index (χ2n) is 2.59. The molecule has 0 saturated heterocycles. The zero-order valence-corrected chi connectivity index (χ0v) is 7.18. The van der Waals surface area contributed by atoms with Gasteiger partial charge in [0.1, 0.15) is 0 Å². The van der Waals surface area contributed by atoms with Crippen LogP contribution in [0.15, 0.2) is 4.99 Å². The predicted octanol–water partition coefficient (Wildman–Crippen LogP) is 0.288. The molecule has 62 valence electrons. The Kier molecular flexibility index (Phi) is 4.91. The highest BCUT2D eigenvalue weighted by molar-refractivity contribution is 5.80. The van der Waals surface area contributed by atoms with E-state index in [0.717, 1.165) is 6.54 Å². The maximum atomic E-state index is 8.22. The molecule has 0 aliphatic heterocycles. The number of nitrogens with zero attached hydrogens (tertiary/aromatic N) is 2. The third-order valence-corrected chi connectivity index (χ3v) is 1.08. The van der Waals surface area contributed by atoms with Crippen LogP contribution in [-0.2, 0) is 0 Å². The summed E-state index contributed by atoms with van der Waals surface area (Å²) in [6.07, 6.45) is 1.71. The summed E-state index contributed by atoms with van der Waals surface area (Å²) >= 11 is 0. The van der Waals surface area contributed by atoms with Crippen LogP contribution in [0.25, 0.3) is 0 Å². The number of rotatable bonds is 2. The average Bonchev–Trinajstić information content (AvgIpc) is 1.97. The van der Waals surface area contributed by atoms with Crippen LogP contribution in [0.2, 0.25) is 0 Å². The van der Waals surface area contributed by atoms with Crippen molar-refractivity contribution in [2.45, 2.75) is 13.8 Å². The highest BCUT2D eigenvalue weighted by Gasteiger charge is 1.95. The molecule has 0 unspecified atom stereocenters. The van der Waals surface area contributed by atoms with E-state index in [-0.39, 0.29) is 0 Å². The van der Waals surface area contributed by atoms with Crippen LogP contribution in [0.5, 0.6) is 0 Å². The predicted molar refractivity (Wildman–Crippen MR) is 44.9 cm³/mol. The van der Waals surface area contributed by atoms with Crippen molar-refractivity contribution < 1.29 is 0 Å². The van der Waals surface area contributed by atoms with Crippen LogP contribution in [0.3, 0.4) is 0 Å². The van der Waals surface area contributed by atoms with Crippen molar-refractivity contribution in [2.24, 2.45) is 10.9 Å². The topological polar surface area (TPSA) is 60.2 Å². The zero-order chi connectivity index (χ0) is 8.69. The largest absolute Gasteiger partial charge is 0.359 e. The maximum Gasteiger partial charge on any atom is 0.209 e. The summed E-state index contributed by atoms with van der Waals surface area (Å²) in [6, 6.07) is 0. The van der Waals surface area contributed by atoms with E-state index in [2.05, 4.69) is 29.5 Å². The van der Waals surface area contributed by atoms with Gasteiger partial charge in [-0.3, -0.25) is 0 Å². The Hall–Kier alpha value is -1.24. The molecule has 0 spiro atoms. The van der Waals surface area contributed by atoms with E-state index >= 15 is 0 Å². The van der Waals surface area contributed by atoms with Gasteiger partial charge in [-0.05, 0) is 5.92 Å². The molecular weight excluding hydrogens is 140 g/mol. The third kappa shape index (κ3) is 5.22. The first kappa shape index (κ1) is 9.76. The molecular formula is C7H14N4. The van der Waals surface area contributed by atoms with E-state index in [9.17, 15) is 0 Å². The molecule has 2 N–H and O–H groups in total. The van der Waals surface area contributed by atoms with Crippen molar-refractivity contribution >= 4 is 5.96 Å². The van der Waals surface area contributed by atoms with E-state index in [0.29, 0.717) is 11.9 Å². The summed E-state index contributed by atoms with van der Waals surface area (Å²) in [6.45, 7) is 5.00. The first-order valence-electron chi connectivity index (χ1n) is 3.59. The minimum Gasteiger partial charge on any atom is -0.359 e. The highest BCUT2D eigenvalue weighted by atomic mass is 15.2. The molecule has 11 heavy (non-hydrogen) atoms. The summed E-state index contributed by atoms with van der Waals surface area (Å²) in [5.41, 5.74) is 0. The van der Waals surface area contributed by atoms with Crippen LogP contribution < -0.4 is 10.6 Å². The van der Waals surface area contributed by atoms with Crippen LogP contribution in [0, 0.1) is 17.4 Å². The SMILES string of the molecule is CN/C(=N\C#N)NCC(C)C. The molecule has 0 rings (SSSR count). The summed E-state index contributed by atoms with van der Waals surface area (Å²) in [7, 11) is 1.73. The van der Waals surface area contributed by atoms with Gasteiger partial charge in [-0.25, -0.2) is 0 Å². The van der Waals surface area contributed by atoms with Crippen molar-refractivity contribution in [3.8, 4) is 6.19 Å². The first-order chi connectivity index (χ1) is 5.20. The second-order valence-corrected chi connectivity index (χ2v) is 2.59. The minimum absolute atomic E-state index is 0.529. The Bertz CT molecular complexity index is 166. The molecule has 0 aromatic carbocycles. The lowest BCUT2D eigenvalue weighted by molar-refractivity contribution is 0.619. The molecule has 0 saturated carbocycles. The zero-order valence-electron chi connectivity index (χ0n) is 7.18. The van der Waals surface area contributed by atoms with Gasteiger partial charge >= 0.3 is 0 Å². The molecule has 0 aromatic heterocycles. The molecule has 0 aliphatic carbocycles. The lowest BCUT2D eigenvalue weighted by atomic mass is 10.2. The summed E-state index contributed by atoms with van der Waals surface area (Å²) in [5.74, 6) is 1.08. The number of guanidine groups is 1. The molecule has 0 aromatic rings. The lowest BCUT2D eigenvalue weighted by Gasteiger charge is -2.08. The third-order valence-electron chi connectivity index (χ3n) is 1.08. The number of hydrogen-bond donors (Lipinski definition) is 2. The fourth-order valence-corrected chi connectivity index (χ4v) is 0.535. The molecule has 0 radical (unpaired) electrons. The monoisotopic (exact) mass is 154 g/mol. The smallest absolute Gasteiger partial charge is 0.209 e. The molecule has 0 atom stereocenters. The van der Waals surface area contributed by atoms with Crippen LogP contribution in [0.4, 0.5) is 0 Å². The van der Waals surface area contributed by atoms with Gasteiger partial charge < -0.3 is 10.6 Å². The van der Waals surface area contributed by atoms with Gasteiger partial charge in [-0.2, -0.15) is 5.26 Å². The number of hydrogen-bond acceptors (Lipinski definition) is 2. The van der Waals surface area contributed by atoms with E-state index in [1.54, 1.807) is 13.2 Å². The number of nitrogens with one attached hydrogen (secondary N) is 2. The summed E-state index contributed by atoms with van der Waals surface area (Å²) in [4.78, 5) is 3.51. The Morgan fingerprint density at radius 3 is 2.64 bits per heavy atom. The van der Waals surface area contributed by atoms with Gasteiger partial charge in [0, 0.05) is 13.6 Å². The fraction of sp³-hybridized carbons (Fsp3) is 0.714. The molecule has 0 aliphatic rings. The Morgan fingerprint density at radius 1 is 1.64 bits per heavy atom. The first-order valence-corrected chi connectivity index (χ1v) is 3.59. The molecule has 4 nitrogen and oxygen atoms in total. The van der Waals surface area contributed by atoms with Gasteiger partial charge in [-0.1, -0.05) is 13.8 Å². The van der Waals surface area contributed by atoms with Crippen molar-refractivity contribution in [1.29, 1.82) is 5.26 Å². The lowest BCUT2D eigenvalue weighted by Crippen LogP contribution is -2.36. The van der Waals surface area contributed by atoms with E-state index < -0.39 is 0 Å². The van der Waals surface area contributed by atoms with Gasteiger partial charge in [0.15, 0.2) is 0 Å². The van der Waals surface area contributed by atoms with E-state index in [4.69, 9.17) is 5.26 Å². The molecule has 0 heterocycles. The minimum atomic E-state index is 0.529. The Balaban J connectivity index is 3.72. The quantitative estimate of drug-likeness (QED) is 0.341. The standard InChI is InChI=1S/C7H14N4/c1-6(2)4-10-7(9-3)11-5-8/h6H,4H2,1-3H3,(H2,9,10,11). The number of nitriles is 1. The molecule has 0 fully saturated rings.